The van der Waals surface area contributed by atoms with Crippen LogP contribution in [0.3, 0.4) is 0 Å². The van der Waals surface area contributed by atoms with Gasteiger partial charge in [0.2, 0.25) is 5.91 Å². The molecule has 1 aromatic rings. The first-order valence-corrected chi connectivity index (χ1v) is 7.30. The number of rotatable bonds is 7. The SMILES string of the molecule is CCCOc1ccc(NC(=O)[C@@H](N)CC(C)C)cc1Cl. The highest BCUT2D eigenvalue weighted by molar-refractivity contribution is 6.32. The maximum Gasteiger partial charge on any atom is 0.241 e. The van der Waals surface area contributed by atoms with E-state index >= 15 is 0 Å². The third kappa shape index (κ3) is 5.39. The van der Waals surface area contributed by atoms with Gasteiger partial charge in [0.15, 0.2) is 0 Å². The van der Waals surface area contributed by atoms with E-state index in [1.807, 2.05) is 20.8 Å². The van der Waals surface area contributed by atoms with E-state index in [2.05, 4.69) is 5.32 Å². The average Bonchev–Trinajstić information content (AvgIpc) is 2.37. The summed E-state index contributed by atoms with van der Waals surface area (Å²) in [6, 6.07) is 4.68. The zero-order chi connectivity index (χ0) is 15.1. The first kappa shape index (κ1) is 16.8. The highest BCUT2D eigenvalue weighted by atomic mass is 35.5. The second-order valence-corrected chi connectivity index (χ2v) is 5.63. The van der Waals surface area contributed by atoms with Crippen LogP contribution in [0.1, 0.15) is 33.6 Å². The summed E-state index contributed by atoms with van der Waals surface area (Å²) < 4.78 is 5.48. The Hall–Kier alpha value is -1.26. The molecule has 0 heterocycles. The van der Waals surface area contributed by atoms with Crippen LogP contribution in [0.2, 0.25) is 5.02 Å². The third-order valence-electron chi connectivity index (χ3n) is 2.72. The number of carbonyl (C=O) groups is 1. The Bertz CT molecular complexity index is 449. The minimum absolute atomic E-state index is 0.197. The molecule has 0 fully saturated rings. The van der Waals surface area contributed by atoms with E-state index in [-0.39, 0.29) is 5.91 Å². The molecule has 1 rings (SSSR count). The number of anilines is 1. The van der Waals surface area contributed by atoms with Crippen LogP contribution < -0.4 is 15.8 Å². The molecule has 0 aliphatic carbocycles. The van der Waals surface area contributed by atoms with Gasteiger partial charge in [-0.25, -0.2) is 0 Å². The highest BCUT2D eigenvalue weighted by Crippen LogP contribution is 2.27. The molecule has 5 heteroatoms. The lowest BCUT2D eigenvalue weighted by molar-refractivity contribution is -0.117. The maximum absolute atomic E-state index is 11.9. The van der Waals surface area contributed by atoms with Crippen molar-refractivity contribution in [2.75, 3.05) is 11.9 Å². The highest BCUT2D eigenvalue weighted by Gasteiger charge is 2.15. The molecule has 0 aromatic heterocycles. The summed E-state index contributed by atoms with van der Waals surface area (Å²) in [5.74, 6) is 0.805. The van der Waals surface area contributed by atoms with Crippen molar-refractivity contribution in [2.45, 2.75) is 39.7 Å². The van der Waals surface area contributed by atoms with E-state index in [1.54, 1.807) is 18.2 Å². The normalized spacial score (nSPS) is 12.3. The summed E-state index contributed by atoms with van der Waals surface area (Å²) in [7, 11) is 0. The maximum atomic E-state index is 11.9. The summed E-state index contributed by atoms with van der Waals surface area (Å²) >= 11 is 6.10. The van der Waals surface area contributed by atoms with Crippen molar-refractivity contribution in [1.29, 1.82) is 0 Å². The topological polar surface area (TPSA) is 64.3 Å². The van der Waals surface area contributed by atoms with Gasteiger partial charge in [-0.2, -0.15) is 0 Å². The molecule has 0 saturated heterocycles. The molecule has 1 aromatic carbocycles. The number of nitrogens with two attached hydrogens (primary N) is 1. The summed E-state index contributed by atoms with van der Waals surface area (Å²) in [5.41, 5.74) is 6.46. The summed E-state index contributed by atoms with van der Waals surface area (Å²) in [4.78, 5) is 11.9. The van der Waals surface area contributed by atoms with Gasteiger partial charge in [-0.3, -0.25) is 4.79 Å². The summed E-state index contributed by atoms with van der Waals surface area (Å²) in [5, 5.41) is 3.25. The van der Waals surface area contributed by atoms with Crippen LogP contribution in [0, 0.1) is 5.92 Å². The number of halogens is 1. The van der Waals surface area contributed by atoms with Gasteiger partial charge < -0.3 is 15.8 Å². The van der Waals surface area contributed by atoms with Gasteiger partial charge in [0.25, 0.3) is 0 Å². The van der Waals surface area contributed by atoms with Crippen LogP contribution in [0.5, 0.6) is 5.75 Å². The minimum Gasteiger partial charge on any atom is -0.492 e. The van der Waals surface area contributed by atoms with Crippen LogP contribution >= 0.6 is 11.6 Å². The molecule has 112 valence electrons. The van der Waals surface area contributed by atoms with Crippen LogP contribution in [-0.2, 0) is 4.79 Å². The lowest BCUT2D eigenvalue weighted by atomic mass is 10.0. The number of carbonyl (C=O) groups excluding carboxylic acids is 1. The van der Waals surface area contributed by atoms with E-state index in [9.17, 15) is 4.79 Å². The van der Waals surface area contributed by atoms with E-state index < -0.39 is 6.04 Å². The van der Waals surface area contributed by atoms with Crippen molar-refractivity contribution < 1.29 is 9.53 Å². The largest absolute Gasteiger partial charge is 0.492 e. The molecular formula is C15H23ClN2O2. The van der Waals surface area contributed by atoms with E-state index in [1.165, 1.54) is 0 Å². The first-order valence-electron chi connectivity index (χ1n) is 6.92. The number of hydrogen-bond donors (Lipinski definition) is 2. The first-order chi connectivity index (χ1) is 9.43. The molecule has 4 nitrogen and oxygen atoms in total. The Morgan fingerprint density at radius 1 is 1.45 bits per heavy atom. The van der Waals surface area contributed by atoms with Crippen LogP contribution in [0.15, 0.2) is 18.2 Å². The van der Waals surface area contributed by atoms with Gasteiger partial charge in [0, 0.05) is 5.69 Å². The van der Waals surface area contributed by atoms with Gasteiger partial charge in [-0.15, -0.1) is 0 Å². The van der Waals surface area contributed by atoms with Crippen LogP contribution in [0.4, 0.5) is 5.69 Å². The second kappa shape index (κ2) is 8.12. The lowest BCUT2D eigenvalue weighted by Crippen LogP contribution is -2.36. The molecule has 0 aliphatic rings. The van der Waals surface area contributed by atoms with Crippen LogP contribution in [-0.4, -0.2) is 18.6 Å². The molecule has 0 radical (unpaired) electrons. The second-order valence-electron chi connectivity index (χ2n) is 5.22. The predicted molar refractivity (Wildman–Crippen MR) is 83.3 cm³/mol. The molecule has 0 unspecified atom stereocenters. The lowest BCUT2D eigenvalue weighted by Gasteiger charge is -2.15. The number of benzene rings is 1. The fraction of sp³-hybridized carbons (Fsp3) is 0.533. The van der Waals surface area contributed by atoms with Crippen molar-refractivity contribution in [3.63, 3.8) is 0 Å². The zero-order valence-electron chi connectivity index (χ0n) is 12.3. The standard InChI is InChI=1S/C15H23ClN2O2/c1-4-7-20-14-6-5-11(9-12(14)16)18-15(19)13(17)8-10(2)3/h5-6,9-10,13H,4,7-8,17H2,1-3H3,(H,18,19)/t13-/m0/s1. The minimum atomic E-state index is -0.509. The molecule has 0 saturated carbocycles. The Labute approximate surface area is 125 Å². The number of amides is 1. The number of nitrogens with one attached hydrogen (secondary N) is 1. The molecular weight excluding hydrogens is 276 g/mol. The zero-order valence-corrected chi connectivity index (χ0v) is 13.0. The van der Waals surface area contributed by atoms with E-state index in [0.29, 0.717) is 35.4 Å². The average molecular weight is 299 g/mol. The van der Waals surface area contributed by atoms with Crippen molar-refractivity contribution in [3.05, 3.63) is 23.2 Å². The molecule has 0 bridgehead atoms. The molecule has 1 amide bonds. The van der Waals surface area contributed by atoms with Crippen molar-refractivity contribution in [3.8, 4) is 5.75 Å². The van der Waals surface area contributed by atoms with Crippen LogP contribution in [0.25, 0.3) is 0 Å². The van der Waals surface area contributed by atoms with Gasteiger partial charge >= 0.3 is 0 Å². The molecule has 20 heavy (non-hydrogen) atoms. The number of ether oxygens (including phenoxy) is 1. The smallest absolute Gasteiger partial charge is 0.241 e. The molecule has 0 aliphatic heterocycles. The molecule has 1 atom stereocenters. The Kier molecular flexibility index (Phi) is 6.82. The summed E-state index contributed by atoms with van der Waals surface area (Å²) in [6.07, 6.45) is 1.57. The van der Waals surface area contributed by atoms with E-state index in [0.717, 1.165) is 6.42 Å². The van der Waals surface area contributed by atoms with Crippen molar-refractivity contribution in [2.24, 2.45) is 11.7 Å². The Balaban J connectivity index is 2.64. The molecule has 3 N–H and O–H groups in total. The van der Waals surface area contributed by atoms with E-state index in [4.69, 9.17) is 22.1 Å². The van der Waals surface area contributed by atoms with Crippen molar-refractivity contribution in [1.82, 2.24) is 0 Å². The fourth-order valence-corrected chi connectivity index (χ4v) is 1.99. The van der Waals surface area contributed by atoms with Gasteiger partial charge in [-0.05, 0) is 37.0 Å². The summed E-state index contributed by atoms with van der Waals surface area (Å²) in [6.45, 7) is 6.71. The third-order valence-corrected chi connectivity index (χ3v) is 3.02. The Morgan fingerprint density at radius 3 is 2.70 bits per heavy atom. The fourth-order valence-electron chi connectivity index (χ4n) is 1.76. The van der Waals surface area contributed by atoms with Gasteiger partial charge in [-0.1, -0.05) is 32.4 Å². The quantitative estimate of drug-likeness (QED) is 0.810. The molecule has 0 spiro atoms. The van der Waals surface area contributed by atoms with Crippen molar-refractivity contribution >= 4 is 23.2 Å². The van der Waals surface area contributed by atoms with Gasteiger partial charge in [0.05, 0.1) is 17.7 Å². The Morgan fingerprint density at radius 2 is 2.15 bits per heavy atom. The predicted octanol–water partition coefficient (Wildman–Crippen LogP) is 3.44. The van der Waals surface area contributed by atoms with Gasteiger partial charge in [0.1, 0.15) is 5.75 Å². The monoisotopic (exact) mass is 298 g/mol. The number of hydrogen-bond acceptors (Lipinski definition) is 3.